The van der Waals surface area contributed by atoms with E-state index in [4.69, 9.17) is 11.6 Å². The van der Waals surface area contributed by atoms with Gasteiger partial charge in [0, 0.05) is 14.9 Å². The zero-order valence-corrected chi connectivity index (χ0v) is 11.6. The topological polar surface area (TPSA) is 0 Å². The van der Waals surface area contributed by atoms with Crippen molar-refractivity contribution in [2.45, 2.75) is 24.6 Å². The summed E-state index contributed by atoms with van der Waals surface area (Å²) in [5.41, 5.74) is 0.625. The van der Waals surface area contributed by atoms with Crippen LogP contribution in [-0.2, 0) is 0 Å². The van der Waals surface area contributed by atoms with Gasteiger partial charge in [0.2, 0.25) is 0 Å². The molecule has 4 heteroatoms. The second-order valence-electron chi connectivity index (χ2n) is 3.04. The first-order valence-electron chi connectivity index (χ1n) is 4.34. The molecule has 1 unspecified atom stereocenters. The monoisotopic (exact) mass is 342 g/mol. The highest BCUT2D eigenvalue weighted by Gasteiger charge is 2.13. The molecule has 0 saturated heterocycles. The largest absolute Gasteiger partial charge is 0.207 e. The van der Waals surface area contributed by atoms with Crippen LogP contribution in [-0.4, -0.2) is 0 Å². The average Bonchev–Trinajstić information content (AvgIpc) is 2.11. The second-order valence-corrected chi connectivity index (χ2v) is 5.41. The molecule has 1 aromatic carbocycles. The summed E-state index contributed by atoms with van der Waals surface area (Å²) < 4.78 is 14.1. The molecule has 0 aliphatic rings. The van der Waals surface area contributed by atoms with Crippen molar-refractivity contribution in [1.29, 1.82) is 0 Å². The van der Waals surface area contributed by atoms with E-state index in [1.54, 1.807) is 6.07 Å². The summed E-state index contributed by atoms with van der Waals surface area (Å²) >= 11 is 12.5. The molecule has 0 saturated carbocycles. The first-order chi connectivity index (χ1) is 6.56. The molecule has 14 heavy (non-hydrogen) atoms. The van der Waals surface area contributed by atoms with Crippen molar-refractivity contribution in [1.82, 2.24) is 0 Å². The highest BCUT2D eigenvalue weighted by molar-refractivity contribution is 9.10. The molecule has 0 amide bonds. The summed E-state index contributed by atoms with van der Waals surface area (Å²) in [4.78, 5) is 0.0399. The molecule has 0 heterocycles. The van der Waals surface area contributed by atoms with Gasteiger partial charge in [-0.05, 0) is 34.5 Å². The van der Waals surface area contributed by atoms with Crippen molar-refractivity contribution < 1.29 is 4.39 Å². The van der Waals surface area contributed by atoms with E-state index >= 15 is 0 Å². The lowest BCUT2D eigenvalue weighted by Gasteiger charge is -2.11. The molecule has 1 rings (SSSR count). The molecule has 0 bridgehead atoms. The Bertz CT molecular complexity index is 328. The number of halogens is 4. The van der Waals surface area contributed by atoms with Crippen molar-refractivity contribution in [3.63, 3.8) is 0 Å². The molecule has 1 atom stereocenters. The Balaban J connectivity index is 3.02. The van der Waals surface area contributed by atoms with E-state index in [-0.39, 0.29) is 10.6 Å². The van der Waals surface area contributed by atoms with Crippen molar-refractivity contribution >= 4 is 43.5 Å². The van der Waals surface area contributed by atoms with Crippen LogP contribution in [0.3, 0.4) is 0 Å². The van der Waals surface area contributed by atoms with Gasteiger partial charge in [0.15, 0.2) is 0 Å². The summed E-state index contributed by atoms with van der Waals surface area (Å²) in [6.45, 7) is 2.06. The lowest BCUT2D eigenvalue weighted by atomic mass is 10.1. The standard InChI is InChI=1S/C10H10Br2ClF/c1-2-3-7(11)6-4-9(13)8(12)5-10(6)14/h4-5,7H,2-3H2,1H3. The first-order valence-corrected chi connectivity index (χ1v) is 6.43. The van der Waals surface area contributed by atoms with Gasteiger partial charge in [0.05, 0.1) is 5.02 Å². The van der Waals surface area contributed by atoms with Gasteiger partial charge >= 0.3 is 0 Å². The van der Waals surface area contributed by atoms with Crippen LogP contribution in [0.1, 0.15) is 30.2 Å². The van der Waals surface area contributed by atoms with Gasteiger partial charge in [0.25, 0.3) is 0 Å². The quantitative estimate of drug-likeness (QED) is 0.503. The Morgan fingerprint density at radius 3 is 2.71 bits per heavy atom. The minimum atomic E-state index is -0.225. The van der Waals surface area contributed by atoms with E-state index in [9.17, 15) is 4.39 Å². The van der Waals surface area contributed by atoms with Crippen LogP contribution >= 0.6 is 43.5 Å². The highest BCUT2D eigenvalue weighted by Crippen LogP contribution is 2.34. The second kappa shape index (κ2) is 5.47. The third-order valence-electron chi connectivity index (χ3n) is 1.92. The van der Waals surface area contributed by atoms with Crippen LogP contribution in [0, 0.1) is 5.82 Å². The summed E-state index contributed by atoms with van der Waals surface area (Å²) in [7, 11) is 0. The molecule has 0 spiro atoms. The maximum atomic E-state index is 13.5. The highest BCUT2D eigenvalue weighted by atomic mass is 79.9. The molecular formula is C10H10Br2ClF. The number of benzene rings is 1. The van der Waals surface area contributed by atoms with Crippen LogP contribution in [0.2, 0.25) is 5.02 Å². The number of hydrogen-bond donors (Lipinski definition) is 0. The van der Waals surface area contributed by atoms with Crippen molar-refractivity contribution in [2.24, 2.45) is 0 Å². The molecular weight excluding hydrogens is 334 g/mol. The summed E-state index contributed by atoms with van der Waals surface area (Å²) in [5, 5.41) is 0.543. The van der Waals surface area contributed by atoms with E-state index in [0.717, 1.165) is 12.8 Å². The SMILES string of the molecule is CCCC(Br)c1cc(Cl)c(Br)cc1F. The van der Waals surface area contributed by atoms with E-state index in [2.05, 4.69) is 38.8 Å². The molecule has 0 N–H and O–H groups in total. The number of alkyl halides is 1. The molecule has 78 valence electrons. The van der Waals surface area contributed by atoms with Crippen molar-refractivity contribution in [2.75, 3.05) is 0 Å². The van der Waals surface area contributed by atoms with Crippen molar-refractivity contribution in [3.05, 3.63) is 33.0 Å². The molecule has 0 aromatic heterocycles. The van der Waals surface area contributed by atoms with Gasteiger partial charge in [-0.1, -0.05) is 40.9 Å². The molecule has 0 aliphatic heterocycles. The van der Waals surface area contributed by atoms with Gasteiger partial charge in [-0.3, -0.25) is 0 Å². The lowest BCUT2D eigenvalue weighted by molar-refractivity contribution is 0.601. The number of hydrogen-bond acceptors (Lipinski definition) is 0. The van der Waals surface area contributed by atoms with E-state index in [1.807, 2.05) is 0 Å². The fraction of sp³-hybridized carbons (Fsp3) is 0.400. The minimum Gasteiger partial charge on any atom is -0.207 e. The maximum Gasteiger partial charge on any atom is 0.128 e. The Hall–Kier alpha value is 0.400. The van der Waals surface area contributed by atoms with Gasteiger partial charge in [-0.15, -0.1) is 0 Å². The van der Waals surface area contributed by atoms with Crippen molar-refractivity contribution in [3.8, 4) is 0 Å². The maximum absolute atomic E-state index is 13.5. The minimum absolute atomic E-state index is 0.0399. The third kappa shape index (κ3) is 2.94. The van der Waals surface area contributed by atoms with Crippen LogP contribution in [0.25, 0.3) is 0 Å². The molecule has 0 fully saturated rings. The molecule has 0 aliphatic carbocycles. The van der Waals surface area contributed by atoms with Crippen LogP contribution < -0.4 is 0 Å². The molecule has 0 radical (unpaired) electrons. The zero-order chi connectivity index (χ0) is 10.7. The van der Waals surface area contributed by atoms with Crippen LogP contribution in [0.4, 0.5) is 4.39 Å². The Morgan fingerprint density at radius 2 is 2.14 bits per heavy atom. The number of rotatable bonds is 3. The van der Waals surface area contributed by atoms with Gasteiger partial charge in [0.1, 0.15) is 5.82 Å². The van der Waals surface area contributed by atoms with Gasteiger partial charge < -0.3 is 0 Å². The Kier molecular flexibility index (Phi) is 4.88. The smallest absolute Gasteiger partial charge is 0.128 e. The van der Waals surface area contributed by atoms with E-state index < -0.39 is 0 Å². The fourth-order valence-electron chi connectivity index (χ4n) is 1.19. The van der Waals surface area contributed by atoms with Crippen LogP contribution in [0.5, 0.6) is 0 Å². The first kappa shape index (κ1) is 12.5. The predicted octanol–water partition coefficient (Wildman–Crippen LogP) is 5.48. The Morgan fingerprint density at radius 1 is 1.50 bits per heavy atom. The van der Waals surface area contributed by atoms with E-state index in [1.165, 1.54) is 6.07 Å². The third-order valence-corrected chi connectivity index (χ3v) is 4.07. The van der Waals surface area contributed by atoms with Gasteiger partial charge in [-0.25, -0.2) is 4.39 Å². The summed E-state index contributed by atoms with van der Waals surface area (Å²) in [6.07, 6.45) is 1.90. The fourth-order valence-corrected chi connectivity index (χ4v) is 2.48. The summed E-state index contributed by atoms with van der Waals surface area (Å²) in [5.74, 6) is -0.225. The predicted molar refractivity (Wildman–Crippen MR) is 65.7 cm³/mol. The normalized spacial score (nSPS) is 12.9. The Labute approximate surface area is 105 Å². The summed E-state index contributed by atoms with van der Waals surface area (Å²) in [6, 6.07) is 3.07. The lowest BCUT2D eigenvalue weighted by Crippen LogP contribution is -1.94. The average molecular weight is 344 g/mol. The van der Waals surface area contributed by atoms with E-state index in [0.29, 0.717) is 15.1 Å². The van der Waals surface area contributed by atoms with Crippen LogP contribution in [0.15, 0.2) is 16.6 Å². The molecule has 0 nitrogen and oxygen atoms in total. The van der Waals surface area contributed by atoms with Gasteiger partial charge in [-0.2, -0.15) is 0 Å². The molecule has 1 aromatic rings. The zero-order valence-electron chi connectivity index (χ0n) is 7.66.